The van der Waals surface area contributed by atoms with E-state index in [2.05, 4.69) is 0 Å². The van der Waals surface area contributed by atoms with Crippen molar-refractivity contribution in [3.05, 3.63) is 58.3 Å². The van der Waals surface area contributed by atoms with Gasteiger partial charge in [-0.3, -0.25) is 0 Å². The van der Waals surface area contributed by atoms with Gasteiger partial charge >= 0.3 is 0 Å². The van der Waals surface area contributed by atoms with Crippen molar-refractivity contribution in [3.8, 4) is 11.5 Å². The molecule has 0 radical (unpaired) electrons. The largest absolute Gasteiger partial charge is 0.618 e. The van der Waals surface area contributed by atoms with Gasteiger partial charge in [0, 0.05) is 22.7 Å². The normalized spacial score (nSPS) is 13.6. The number of benzene rings is 2. The monoisotopic (exact) mass is 275 g/mol. The average molecular weight is 276 g/mol. The van der Waals surface area contributed by atoms with E-state index >= 15 is 0 Å². The molecule has 0 saturated heterocycles. The number of ether oxygens (including phenoxy) is 2. The minimum Gasteiger partial charge on any atom is -0.618 e. The molecular weight excluding hydrogens is 266 g/mol. The molecular formula is C14H10ClNO3. The summed E-state index contributed by atoms with van der Waals surface area (Å²) < 4.78 is 11.3. The minimum absolute atomic E-state index is 0.219. The van der Waals surface area contributed by atoms with Crippen molar-refractivity contribution in [2.24, 2.45) is 0 Å². The van der Waals surface area contributed by atoms with Crippen LogP contribution in [0.2, 0.25) is 5.02 Å². The van der Waals surface area contributed by atoms with Gasteiger partial charge in [-0.15, -0.1) is 0 Å². The molecule has 2 aromatic rings. The summed E-state index contributed by atoms with van der Waals surface area (Å²) in [6, 6.07) is 12.0. The fraction of sp³-hybridized carbons (Fsp3) is 0.0714. The summed E-state index contributed by atoms with van der Waals surface area (Å²) in [5, 5.41) is 12.6. The fourth-order valence-corrected chi connectivity index (χ4v) is 1.92. The lowest BCUT2D eigenvalue weighted by Crippen LogP contribution is -1.98. The van der Waals surface area contributed by atoms with E-state index in [-0.39, 0.29) is 6.79 Å². The van der Waals surface area contributed by atoms with Crippen LogP contribution >= 0.6 is 11.6 Å². The fourth-order valence-electron chi connectivity index (χ4n) is 1.79. The third kappa shape index (κ3) is 2.48. The Morgan fingerprint density at radius 3 is 2.58 bits per heavy atom. The minimum atomic E-state index is 0.219. The van der Waals surface area contributed by atoms with Crippen molar-refractivity contribution in [2.45, 2.75) is 0 Å². The van der Waals surface area contributed by atoms with Gasteiger partial charge in [0.2, 0.25) is 12.5 Å². The van der Waals surface area contributed by atoms with Gasteiger partial charge < -0.3 is 14.7 Å². The molecule has 0 aliphatic carbocycles. The summed E-state index contributed by atoms with van der Waals surface area (Å²) in [6.07, 6.45) is 1.48. The van der Waals surface area contributed by atoms with E-state index in [1.54, 1.807) is 42.5 Å². The van der Waals surface area contributed by atoms with E-state index in [4.69, 9.17) is 21.1 Å². The van der Waals surface area contributed by atoms with Crippen LogP contribution in [0.5, 0.6) is 11.5 Å². The molecule has 4 nitrogen and oxygen atoms in total. The van der Waals surface area contributed by atoms with E-state index in [0.29, 0.717) is 22.2 Å². The number of rotatable bonds is 2. The number of fused-ring (bicyclic) bond motifs is 1. The summed E-state index contributed by atoms with van der Waals surface area (Å²) >= 11 is 5.78. The van der Waals surface area contributed by atoms with Crippen molar-refractivity contribution in [1.82, 2.24) is 0 Å². The van der Waals surface area contributed by atoms with Gasteiger partial charge in [-0.1, -0.05) is 11.6 Å². The Hall–Kier alpha value is -2.20. The molecule has 1 aliphatic heterocycles. The molecule has 0 amide bonds. The summed E-state index contributed by atoms with van der Waals surface area (Å²) in [4.78, 5) is 0. The van der Waals surface area contributed by atoms with Crippen LogP contribution in [0.1, 0.15) is 5.56 Å². The van der Waals surface area contributed by atoms with Crippen molar-refractivity contribution in [2.75, 3.05) is 6.79 Å². The Balaban J connectivity index is 1.90. The van der Waals surface area contributed by atoms with Gasteiger partial charge in [0.15, 0.2) is 17.7 Å². The second-order valence-electron chi connectivity index (χ2n) is 4.04. The number of halogens is 1. The van der Waals surface area contributed by atoms with Crippen LogP contribution in [-0.2, 0) is 0 Å². The zero-order valence-corrected chi connectivity index (χ0v) is 10.6. The van der Waals surface area contributed by atoms with Crippen molar-refractivity contribution >= 4 is 23.5 Å². The van der Waals surface area contributed by atoms with E-state index in [0.717, 1.165) is 10.3 Å². The predicted octanol–water partition coefficient (Wildman–Crippen LogP) is 3.33. The number of hydrogen-bond acceptors (Lipinski definition) is 3. The Bertz CT molecular complexity index is 638. The highest BCUT2D eigenvalue weighted by molar-refractivity contribution is 6.30. The van der Waals surface area contributed by atoms with Gasteiger partial charge in [0.1, 0.15) is 0 Å². The molecule has 1 aliphatic rings. The first-order chi connectivity index (χ1) is 9.22. The van der Waals surface area contributed by atoms with Gasteiger partial charge in [-0.05, 0) is 30.3 Å². The smallest absolute Gasteiger partial charge is 0.231 e. The topological polar surface area (TPSA) is 44.5 Å². The van der Waals surface area contributed by atoms with Crippen LogP contribution in [0.3, 0.4) is 0 Å². The van der Waals surface area contributed by atoms with E-state index < -0.39 is 0 Å². The van der Waals surface area contributed by atoms with Crippen molar-refractivity contribution < 1.29 is 14.2 Å². The standard InChI is InChI=1S/C14H10ClNO3/c15-11-2-4-12(5-3-11)16(17)8-10-1-6-13-14(7-10)19-9-18-13/h1-8H,9H2/b16-8-. The predicted molar refractivity (Wildman–Crippen MR) is 72.5 cm³/mol. The Morgan fingerprint density at radius 2 is 1.79 bits per heavy atom. The first-order valence-corrected chi connectivity index (χ1v) is 6.07. The second-order valence-corrected chi connectivity index (χ2v) is 4.48. The van der Waals surface area contributed by atoms with Gasteiger partial charge in [-0.2, -0.15) is 4.74 Å². The zero-order valence-electron chi connectivity index (χ0n) is 9.88. The SMILES string of the molecule is [O-]/[N+](=C\c1ccc2c(c1)OCO2)c1ccc(Cl)cc1. The second kappa shape index (κ2) is 4.82. The quantitative estimate of drug-likeness (QED) is 0.365. The highest BCUT2D eigenvalue weighted by atomic mass is 35.5. The third-order valence-electron chi connectivity index (χ3n) is 2.74. The molecule has 96 valence electrons. The lowest BCUT2D eigenvalue weighted by molar-refractivity contribution is -0.354. The average Bonchev–Trinajstić information content (AvgIpc) is 2.87. The highest BCUT2D eigenvalue weighted by Gasteiger charge is 2.13. The third-order valence-corrected chi connectivity index (χ3v) is 3.00. The van der Waals surface area contributed by atoms with Crippen LogP contribution in [-0.4, -0.2) is 17.7 Å². The van der Waals surface area contributed by atoms with Crippen LogP contribution in [0.25, 0.3) is 0 Å². The first-order valence-electron chi connectivity index (χ1n) is 5.69. The maximum Gasteiger partial charge on any atom is 0.231 e. The number of nitrogens with zero attached hydrogens (tertiary/aromatic N) is 1. The van der Waals surface area contributed by atoms with Gasteiger partial charge in [-0.25, -0.2) is 0 Å². The lowest BCUT2D eigenvalue weighted by atomic mass is 10.2. The molecule has 0 N–H and O–H groups in total. The van der Waals surface area contributed by atoms with Crippen LogP contribution in [0.15, 0.2) is 42.5 Å². The molecule has 5 heteroatoms. The molecule has 0 bridgehead atoms. The lowest BCUT2D eigenvalue weighted by Gasteiger charge is -2.03. The van der Waals surface area contributed by atoms with Crippen molar-refractivity contribution in [3.63, 3.8) is 0 Å². The maximum atomic E-state index is 12.0. The van der Waals surface area contributed by atoms with E-state index in [1.807, 2.05) is 0 Å². The highest BCUT2D eigenvalue weighted by Crippen LogP contribution is 2.32. The molecule has 3 rings (SSSR count). The van der Waals surface area contributed by atoms with Gasteiger partial charge in [0.25, 0.3) is 0 Å². The summed E-state index contributed by atoms with van der Waals surface area (Å²) in [6.45, 7) is 0.219. The first kappa shape index (κ1) is 11.9. The van der Waals surface area contributed by atoms with E-state index in [1.165, 1.54) is 6.21 Å². The molecule has 19 heavy (non-hydrogen) atoms. The Kier molecular flexibility index (Phi) is 3.01. The summed E-state index contributed by atoms with van der Waals surface area (Å²) in [7, 11) is 0. The molecule has 2 aromatic carbocycles. The molecule has 0 spiro atoms. The van der Waals surface area contributed by atoms with Crippen LogP contribution < -0.4 is 9.47 Å². The van der Waals surface area contributed by atoms with Crippen molar-refractivity contribution in [1.29, 1.82) is 0 Å². The molecule has 0 atom stereocenters. The summed E-state index contributed by atoms with van der Waals surface area (Å²) in [5.41, 5.74) is 1.26. The maximum absolute atomic E-state index is 12.0. The molecule has 1 heterocycles. The zero-order chi connectivity index (χ0) is 13.2. The van der Waals surface area contributed by atoms with E-state index in [9.17, 15) is 5.21 Å². The Morgan fingerprint density at radius 1 is 1.05 bits per heavy atom. The molecule has 0 fully saturated rings. The van der Waals surface area contributed by atoms with Crippen LogP contribution in [0, 0.1) is 5.21 Å². The number of hydrogen-bond donors (Lipinski definition) is 0. The summed E-state index contributed by atoms with van der Waals surface area (Å²) in [5.74, 6) is 1.35. The Labute approximate surface area is 115 Å². The molecule has 0 saturated carbocycles. The van der Waals surface area contributed by atoms with Gasteiger partial charge in [0.05, 0.1) is 0 Å². The molecule has 0 aromatic heterocycles. The van der Waals surface area contributed by atoms with Crippen LogP contribution in [0.4, 0.5) is 5.69 Å². The molecule has 0 unspecified atom stereocenters.